The van der Waals surface area contributed by atoms with Crippen LogP contribution >= 0.6 is 0 Å². The van der Waals surface area contributed by atoms with Crippen molar-refractivity contribution in [3.8, 4) is 0 Å². The summed E-state index contributed by atoms with van der Waals surface area (Å²) in [5.41, 5.74) is -0.340. The average Bonchev–Trinajstić information content (AvgIpc) is 2.13. The van der Waals surface area contributed by atoms with Crippen molar-refractivity contribution in [2.45, 2.75) is 71.3 Å². The molecule has 0 aromatic carbocycles. The highest BCUT2D eigenvalue weighted by molar-refractivity contribution is 4.89. The third-order valence-corrected chi connectivity index (χ3v) is 3.92. The van der Waals surface area contributed by atoms with Crippen LogP contribution in [-0.2, 0) is 0 Å². The van der Waals surface area contributed by atoms with Crippen molar-refractivity contribution < 1.29 is 5.11 Å². The highest BCUT2D eigenvalue weighted by Gasteiger charge is 2.37. The summed E-state index contributed by atoms with van der Waals surface area (Å²) in [6, 6.07) is 0. The fraction of sp³-hybridized carbons (Fsp3) is 1.00. The molecule has 84 valence electrons. The molecule has 0 saturated heterocycles. The lowest BCUT2D eigenvalue weighted by Crippen LogP contribution is -2.41. The molecular formula is C13H26O. The Bertz CT molecular complexity index is 167. The summed E-state index contributed by atoms with van der Waals surface area (Å²) in [7, 11) is 0. The van der Waals surface area contributed by atoms with E-state index >= 15 is 0 Å². The van der Waals surface area contributed by atoms with Crippen LogP contribution in [0.5, 0.6) is 0 Å². The summed E-state index contributed by atoms with van der Waals surface area (Å²) in [6.45, 7) is 6.71. The quantitative estimate of drug-likeness (QED) is 0.682. The van der Waals surface area contributed by atoms with Crippen molar-refractivity contribution in [2.75, 3.05) is 0 Å². The Morgan fingerprint density at radius 1 is 1.21 bits per heavy atom. The van der Waals surface area contributed by atoms with E-state index in [-0.39, 0.29) is 5.60 Å². The van der Waals surface area contributed by atoms with Gasteiger partial charge in [-0.05, 0) is 31.1 Å². The third-order valence-electron chi connectivity index (χ3n) is 3.92. The first-order valence-corrected chi connectivity index (χ1v) is 6.31. The molecule has 0 radical (unpaired) electrons. The van der Waals surface area contributed by atoms with E-state index < -0.39 is 0 Å². The highest BCUT2D eigenvalue weighted by Crippen LogP contribution is 2.39. The molecule has 1 rings (SSSR count). The Balaban J connectivity index is 2.42. The molecule has 0 aliphatic heterocycles. The number of hydrogen-bond donors (Lipinski definition) is 1. The maximum absolute atomic E-state index is 10.5. The first kappa shape index (κ1) is 12.0. The van der Waals surface area contributed by atoms with Crippen molar-refractivity contribution in [3.05, 3.63) is 0 Å². The van der Waals surface area contributed by atoms with E-state index in [1.54, 1.807) is 0 Å². The van der Waals surface area contributed by atoms with Gasteiger partial charge >= 0.3 is 0 Å². The maximum Gasteiger partial charge on any atom is 0.0675 e. The molecule has 1 saturated carbocycles. The zero-order chi connectivity index (χ0) is 10.6. The zero-order valence-electron chi connectivity index (χ0n) is 10.1. The summed E-state index contributed by atoms with van der Waals surface area (Å²) >= 11 is 0. The molecule has 1 aliphatic carbocycles. The molecule has 3 unspecified atom stereocenters. The second-order valence-corrected chi connectivity index (χ2v) is 5.35. The lowest BCUT2D eigenvalue weighted by atomic mass is 9.70. The molecule has 0 aromatic heterocycles. The van der Waals surface area contributed by atoms with Crippen LogP contribution in [0.4, 0.5) is 0 Å². The van der Waals surface area contributed by atoms with E-state index in [0.29, 0.717) is 5.92 Å². The zero-order valence-corrected chi connectivity index (χ0v) is 10.1. The summed E-state index contributed by atoms with van der Waals surface area (Å²) in [6.07, 6.45) is 8.28. The van der Waals surface area contributed by atoms with Crippen LogP contribution in [0.2, 0.25) is 0 Å². The summed E-state index contributed by atoms with van der Waals surface area (Å²) in [5, 5.41) is 10.5. The lowest BCUT2D eigenvalue weighted by molar-refractivity contribution is -0.0644. The van der Waals surface area contributed by atoms with Crippen LogP contribution in [0.1, 0.15) is 65.7 Å². The molecule has 0 amide bonds. The molecule has 0 spiro atoms. The minimum absolute atomic E-state index is 0.340. The Hall–Kier alpha value is -0.0400. The van der Waals surface area contributed by atoms with Crippen LogP contribution in [0.3, 0.4) is 0 Å². The first-order chi connectivity index (χ1) is 6.58. The SMILES string of the molecule is CCCCCC1(O)CC(C)CCC1C. The van der Waals surface area contributed by atoms with Crippen molar-refractivity contribution in [3.63, 3.8) is 0 Å². The first-order valence-electron chi connectivity index (χ1n) is 6.31. The molecule has 0 bridgehead atoms. The topological polar surface area (TPSA) is 20.2 Å². The molecule has 1 nitrogen and oxygen atoms in total. The van der Waals surface area contributed by atoms with Gasteiger partial charge in [0.1, 0.15) is 0 Å². The van der Waals surface area contributed by atoms with E-state index in [2.05, 4.69) is 20.8 Å². The van der Waals surface area contributed by atoms with Gasteiger partial charge in [0, 0.05) is 0 Å². The van der Waals surface area contributed by atoms with E-state index in [0.717, 1.165) is 18.8 Å². The minimum atomic E-state index is -0.340. The monoisotopic (exact) mass is 198 g/mol. The Labute approximate surface area is 88.9 Å². The standard InChI is InChI=1S/C13H26O/c1-4-5-6-9-13(14)10-11(2)7-8-12(13)3/h11-12,14H,4-10H2,1-3H3. The normalized spacial score (nSPS) is 38.6. The maximum atomic E-state index is 10.5. The van der Waals surface area contributed by atoms with Gasteiger partial charge in [0.25, 0.3) is 0 Å². The fourth-order valence-electron chi connectivity index (χ4n) is 2.74. The van der Waals surface area contributed by atoms with Crippen LogP contribution in [0.15, 0.2) is 0 Å². The van der Waals surface area contributed by atoms with E-state index in [1.807, 2.05) is 0 Å². The number of rotatable bonds is 4. The van der Waals surface area contributed by atoms with Gasteiger partial charge in [-0.3, -0.25) is 0 Å². The number of unbranched alkanes of at least 4 members (excludes halogenated alkanes) is 2. The molecule has 1 heteroatoms. The van der Waals surface area contributed by atoms with Crippen LogP contribution in [-0.4, -0.2) is 10.7 Å². The Kier molecular flexibility index (Phi) is 4.43. The second kappa shape index (κ2) is 5.16. The summed E-state index contributed by atoms with van der Waals surface area (Å²) in [4.78, 5) is 0. The van der Waals surface area contributed by atoms with Crippen molar-refractivity contribution >= 4 is 0 Å². The third kappa shape index (κ3) is 2.98. The van der Waals surface area contributed by atoms with Crippen LogP contribution in [0, 0.1) is 11.8 Å². The van der Waals surface area contributed by atoms with Gasteiger partial charge in [-0.1, -0.05) is 46.5 Å². The molecule has 1 aliphatic rings. The number of aliphatic hydroxyl groups is 1. The molecule has 0 heterocycles. The van der Waals surface area contributed by atoms with Gasteiger partial charge < -0.3 is 5.11 Å². The predicted octanol–water partition coefficient (Wildman–Crippen LogP) is 3.75. The van der Waals surface area contributed by atoms with E-state index in [1.165, 1.54) is 32.1 Å². The van der Waals surface area contributed by atoms with Gasteiger partial charge in [-0.15, -0.1) is 0 Å². The molecular weight excluding hydrogens is 172 g/mol. The highest BCUT2D eigenvalue weighted by atomic mass is 16.3. The lowest BCUT2D eigenvalue weighted by Gasteiger charge is -2.41. The number of hydrogen-bond acceptors (Lipinski definition) is 1. The fourth-order valence-corrected chi connectivity index (χ4v) is 2.74. The summed E-state index contributed by atoms with van der Waals surface area (Å²) < 4.78 is 0. The second-order valence-electron chi connectivity index (χ2n) is 5.35. The van der Waals surface area contributed by atoms with Gasteiger partial charge in [0.05, 0.1) is 5.60 Å². The van der Waals surface area contributed by atoms with Gasteiger partial charge in [0.2, 0.25) is 0 Å². The molecule has 1 fully saturated rings. The molecule has 3 atom stereocenters. The van der Waals surface area contributed by atoms with Crippen LogP contribution < -0.4 is 0 Å². The predicted molar refractivity (Wildman–Crippen MR) is 61.3 cm³/mol. The van der Waals surface area contributed by atoms with Gasteiger partial charge in [-0.2, -0.15) is 0 Å². The van der Waals surface area contributed by atoms with Crippen LogP contribution in [0.25, 0.3) is 0 Å². The van der Waals surface area contributed by atoms with Crippen molar-refractivity contribution in [1.29, 1.82) is 0 Å². The molecule has 0 aromatic rings. The smallest absolute Gasteiger partial charge is 0.0675 e. The van der Waals surface area contributed by atoms with E-state index in [9.17, 15) is 5.11 Å². The Morgan fingerprint density at radius 2 is 1.93 bits per heavy atom. The van der Waals surface area contributed by atoms with Gasteiger partial charge in [-0.25, -0.2) is 0 Å². The van der Waals surface area contributed by atoms with E-state index in [4.69, 9.17) is 0 Å². The molecule has 14 heavy (non-hydrogen) atoms. The van der Waals surface area contributed by atoms with Crippen molar-refractivity contribution in [1.82, 2.24) is 0 Å². The Morgan fingerprint density at radius 3 is 2.57 bits per heavy atom. The average molecular weight is 198 g/mol. The van der Waals surface area contributed by atoms with Crippen molar-refractivity contribution in [2.24, 2.45) is 11.8 Å². The molecule has 1 N–H and O–H groups in total. The largest absolute Gasteiger partial charge is 0.390 e. The van der Waals surface area contributed by atoms with Gasteiger partial charge in [0.15, 0.2) is 0 Å². The minimum Gasteiger partial charge on any atom is -0.390 e. The summed E-state index contributed by atoms with van der Waals surface area (Å²) in [5.74, 6) is 1.23.